The lowest BCUT2D eigenvalue weighted by molar-refractivity contribution is -0.122. The van der Waals surface area contributed by atoms with Crippen molar-refractivity contribution < 1.29 is 14.3 Å². The van der Waals surface area contributed by atoms with Crippen LogP contribution in [-0.2, 0) is 4.79 Å². The topological polar surface area (TPSA) is 80.3 Å². The first-order valence-electron chi connectivity index (χ1n) is 7.70. The molecule has 1 atom stereocenters. The number of hydrogen-bond donors (Lipinski definition) is 2. The molecule has 6 heteroatoms. The highest BCUT2D eigenvalue weighted by molar-refractivity contribution is 6.02. The lowest BCUT2D eigenvalue weighted by Crippen LogP contribution is -2.45. The second-order valence-corrected chi connectivity index (χ2v) is 5.56. The summed E-state index contributed by atoms with van der Waals surface area (Å²) in [6.07, 6.45) is 4.18. The number of ether oxygens (including phenoxy) is 1. The van der Waals surface area contributed by atoms with Gasteiger partial charge in [-0.1, -0.05) is 6.07 Å². The molecular formula is C17H19N3O3. The Bertz CT molecular complexity index is 745. The van der Waals surface area contributed by atoms with E-state index in [0.29, 0.717) is 24.3 Å². The summed E-state index contributed by atoms with van der Waals surface area (Å²) >= 11 is 0. The minimum absolute atomic E-state index is 0.128. The zero-order chi connectivity index (χ0) is 16.2. The average molecular weight is 313 g/mol. The quantitative estimate of drug-likeness (QED) is 0.903. The number of fused-ring (bicyclic) bond motifs is 1. The zero-order valence-electron chi connectivity index (χ0n) is 13.0. The van der Waals surface area contributed by atoms with Crippen LogP contribution in [0, 0.1) is 0 Å². The van der Waals surface area contributed by atoms with Gasteiger partial charge >= 0.3 is 0 Å². The normalized spacial score (nSPS) is 18.1. The van der Waals surface area contributed by atoms with Crippen LogP contribution in [-0.4, -0.2) is 36.5 Å². The van der Waals surface area contributed by atoms with E-state index in [0.717, 1.165) is 23.7 Å². The Labute approximate surface area is 134 Å². The van der Waals surface area contributed by atoms with Gasteiger partial charge in [0, 0.05) is 24.2 Å². The van der Waals surface area contributed by atoms with Crippen molar-refractivity contribution in [3.8, 4) is 5.75 Å². The molecule has 2 N–H and O–H groups in total. The molecule has 1 aromatic heterocycles. The SMILES string of the molecule is COc1cc2ncccc2cc1C(=O)NC1CCCCNC1=O. The van der Waals surface area contributed by atoms with Crippen molar-refractivity contribution in [3.05, 3.63) is 36.0 Å². The summed E-state index contributed by atoms with van der Waals surface area (Å²) in [6.45, 7) is 0.663. The lowest BCUT2D eigenvalue weighted by Gasteiger charge is -2.16. The van der Waals surface area contributed by atoms with Crippen molar-refractivity contribution in [2.45, 2.75) is 25.3 Å². The van der Waals surface area contributed by atoms with Crippen LogP contribution in [0.15, 0.2) is 30.5 Å². The fourth-order valence-corrected chi connectivity index (χ4v) is 2.76. The first-order valence-corrected chi connectivity index (χ1v) is 7.70. The van der Waals surface area contributed by atoms with Gasteiger partial charge in [0.2, 0.25) is 5.91 Å². The molecule has 1 saturated heterocycles. The number of aromatic nitrogens is 1. The summed E-state index contributed by atoms with van der Waals surface area (Å²) in [6, 6.07) is 6.67. The Morgan fingerprint density at radius 3 is 3.09 bits per heavy atom. The van der Waals surface area contributed by atoms with Gasteiger partial charge in [-0.25, -0.2) is 0 Å². The molecule has 0 spiro atoms. The molecule has 2 aromatic rings. The summed E-state index contributed by atoms with van der Waals surface area (Å²) in [7, 11) is 1.51. The molecule has 1 aliphatic rings. The van der Waals surface area contributed by atoms with Crippen molar-refractivity contribution in [1.82, 2.24) is 15.6 Å². The third-order valence-corrected chi connectivity index (χ3v) is 4.01. The fraction of sp³-hybridized carbons (Fsp3) is 0.353. The second kappa shape index (κ2) is 6.64. The molecule has 0 bridgehead atoms. The van der Waals surface area contributed by atoms with E-state index in [1.807, 2.05) is 12.1 Å². The molecule has 0 saturated carbocycles. The van der Waals surface area contributed by atoms with Gasteiger partial charge in [-0.05, 0) is 31.4 Å². The van der Waals surface area contributed by atoms with E-state index in [-0.39, 0.29) is 11.8 Å². The number of carbonyl (C=O) groups is 2. The molecule has 1 aromatic carbocycles. The van der Waals surface area contributed by atoms with Crippen molar-refractivity contribution >= 4 is 22.7 Å². The molecule has 1 aliphatic heterocycles. The first-order chi connectivity index (χ1) is 11.2. The molecule has 0 radical (unpaired) electrons. The van der Waals surface area contributed by atoms with Crippen molar-refractivity contribution in [2.24, 2.45) is 0 Å². The van der Waals surface area contributed by atoms with Crippen LogP contribution < -0.4 is 15.4 Å². The van der Waals surface area contributed by atoms with Crippen molar-refractivity contribution in [1.29, 1.82) is 0 Å². The number of pyridine rings is 1. The maximum Gasteiger partial charge on any atom is 0.255 e. The molecule has 23 heavy (non-hydrogen) atoms. The van der Waals surface area contributed by atoms with Crippen LogP contribution in [0.2, 0.25) is 0 Å². The molecule has 120 valence electrons. The lowest BCUT2D eigenvalue weighted by atomic mass is 10.1. The van der Waals surface area contributed by atoms with Crippen molar-refractivity contribution in [2.75, 3.05) is 13.7 Å². The Balaban J connectivity index is 1.88. The fourth-order valence-electron chi connectivity index (χ4n) is 2.76. The zero-order valence-corrected chi connectivity index (χ0v) is 13.0. The molecule has 6 nitrogen and oxygen atoms in total. The van der Waals surface area contributed by atoms with E-state index in [2.05, 4.69) is 15.6 Å². The molecule has 1 fully saturated rings. The highest BCUT2D eigenvalue weighted by atomic mass is 16.5. The van der Waals surface area contributed by atoms with Gasteiger partial charge in [0.05, 0.1) is 18.2 Å². The third-order valence-electron chi connectivity index (χ3n) is 4.01. The highest BCUT2D eigenvalue weighted by Crippen LogP contribution is 2.25. The predicted molar refractivity (Wildman–Crippen MR) is 86.4 cm³/mol. The molecule has 1 unspecified atom stereocenters. The van der Waals surface area contributed by atoms with E-state index < -0.39 is 6.04 Å². The maximum absolute atomic E-state index is 12.6. The Morgan fingerprint density at radius 1 is 1.39 bits per heavy atom. The minimum atomic E-state index is -0.501. The smallest absolute Gasteiger partial charge is 0.255 e. The van der Waals surface area contributed by atoms with E-state index in [1.54, 1.807) is 18.3 Å². The standard InChI is InChI=1S/C17H19N3O3/c1-23-15-10-14-11(5-4-8-18-14)9-12(15)16(21)20-13-6-2-3-7-19-17(13)22/h4-5,8-10,13H,2-3,6-7H2,1H3,(H,19,22)(H,20,21). The number of nitrogens with zero attached hydrogens (tertiary/aromatic N) is 1. The minimum Gasteiger partial charge on any atom is -0.496 e. The van der Waals surface area contributed by atoms with Crippen LogP contribution >= 0.6 is 0 Å². The van der Waals surface area contributed by atoms with Gasteiger partial charge in [0.25, 0.3) is 5.91 Å². The molecule has 3 rings (SSSR count). The Morgan fingerprint density at radius 2 is 2.26 bits per heavy atom. The Kier molecular flexibility index (Phi) is 4.41. The number of carbonyl (C=O) groups excluding carboxylic acids is 2. The van der Waals surface area contributed by atoms with Crippen LogP contribution in [0.25, 0.3) is 10.9 Å². The molecule has 2 amide bonds. The monoisotopic (exact) mass is 313 g/mol. The van der Waals surface area contributed by atoms with E-state index in [1.165, 1.54) is 7.11 Å². The second-order valence-electron chi connectivity index (χ2n) is 5.56. The highest BCUT2D eigenvalue weighted by Gasteiger charge is 2.24. The number of amides is 2. The molecular weight excluding hydrogens is 294 g/mol. The number of benzene rings is 1. The molecule has 2 heterocycles. The van der Waals surface area contributed by atoms with Gasteiger partial charge in [0.1, 0.15) is 11.8 Å². The van der Waals surface area contributed by atoms with Gasteiger partial charge in [-0.3, -0.25) is 14.6 Å². The number of rotatable bonds is 3. The summed E-state index contributed by atoms with van der Waals surface area (Å²) in [5, 5.41) is 6.48. The number of methoxy groups -OCH3 is 1. The van der Waals surface area contributed by atoms with E-state index >= 15 is 0 Å². The van der Waals surface area contributed by atoms with Crippen LogP contribution in [0.5, 0.6) is 5.75 Å². The van der Waals surface area contributed by atoms with Gasteiger partial charge in [-0.15, -0.1) is 0 Å². The number of nitrogens with one attached hydrogen (secondary N) is 2. The largest absolute Gasteiger partial charge is 0.496 e. The third kappa shape index (κ3) is 3.26. The van der Waals surface area contributed by atoms with Crippen LogP contribution in [0.4, 0.5) is 0 Å². The summed E-state index contributed by atoms with van der Waals surface area (Å²) in [5.74, 6) is 0.00894. The van der Waals surface area contributed by atoms with Gasteiger partial charge in [0.15, 0.2) is 0 Å². The Hall–Kier alpha value is -2.63. The predicted octanol–water partition coefficient (Wildman–Crippen LogP) is 1.64. The van der Waals surface area contributed by atoms with Crippen LogP contribution in [0.1, 0.15) is 29.6 Å². The van der Waals surface area contributed by atoms with Gasteiger partial charge in [-0.2, -0.15) is 0 Å². The van der Waals surface area contributed by atoms with E-state index in [4.69, 9.17) is 4.74 Å². The molecule has 0 aliphatic carbocycles. The summed E-state index contributed by atoms with van der Waals surface area (Å²) in [4.78, 5) is 28.8. The average Bonchev–Trinajstić information content (AvgIpc) is 2.78. The maximum atomic E-state index is 12.6. The van der Waals surface area contributed by atoms with Crippen LogP contribution in [0.3, 0.4) is 0 Å². The van der Waals surface area contributed by atoms with Gasteiger partial charge < -0.3 is 15.4 Å². The first kappa shape index (κ1) is 15.3. The van der Waals surface area contributed by atoms with E-state index in [9.17, 15) is 9.59 Å². The summed E-state index contributed by atoms with van der Waals surface area (Å²) < 4.78 is 5.31. The van der Waals surface area contributed by atoms with Crippen molar-refractivity contribution in [3.63, 3.8) is 0 Å². The number of hydrogen-bond acceptors (Lipinski definition) is 4. The summed E-state index contributed by atoms with van der Waals surface area (Å²) in [5.41, 5.74) is 1.16.